The Bertz CT molecular complexity index is 755. The van der Waals surface area contributed by atoms with E-state index in [1.54, 1.807) is 12.3 Å². The van der Waals surface area contributed by atoms with Crippen LogP contribution in [0.4, 0.5) is 0 Å². The lowest BCUT2D eigenvalue weighted by atomic mass is 10.1. The Kier molecular flexibility index (Phi) is 4.56. The van der Waals surface area contributed by atoms with E-state index < -0.39 is 0 Å². The topological polar surface area (TPSA) is 58.9 Å². The number of hydrogen-bond acceptors (Lipinski definition) is 5. The number of aromatic nitrogens is 3. The fourth-order valence-corrected chi connectivity index (χ4v) is 2.65. The summed E-state index contributed by atoms with van der Waals surface area (Å²) in [7, 11) is 0. The summed E-state index contributed by atoms with van der Waals surface area (Å²) in [5.41, 5.74) is 2.92. The second-order valence-electron chi connectivity index (χ2n) is 4.79. The van der Waals surface area contributed by atoms with Crippen molar-refractivity contribution in [3.8, 4) is 0 Å². The van der Waals surface area contributed by atoms with Gasteiger partial charge in [-0.25, -0.2) is 15.0 Å². The summed E-state index contributed by atoms with van der Waals surface area (Å²) in [6, 6.07) is 12.2. The van der Waals surface area contributed by atoms with Crippen molar-refractivity contribution in [2.45, 2.75) is 12.8 Å². The molecule has 0 unspecified atom stereocenters. The minimum atomic E-state index is 0.128. The third-order valence-electron chi connectivity index (χ3n) is 3.19. The largest absolute Gasteiger partial charge is 0.505 e. The molecule has 2 heterocycles. The first-order valence-corrected chi connectivity index (χ1v) is 7.84. The zero-order valence-electron chi connectivity index (χ0n) is 11.9. The van der Waals surface area contributed by atoms with Gasteiger partial charge in [-0.15, -0.1) is 11.3 Å². The van der Waals surface area contributed by atoms with Crippen LogP contribution in [-0.2, 0) is 12.8 Å². The van der Waals surface area contributed by atoms with Crippen molar-refractivity contribution in [2.24, 2.45) is 0 Å². The van der Waals surface area contributed by atoms with Crippen LogP contribution in [0.3, 0.4) is 0 Å². The molecule has 0 bridgehead atoms. The minimum absolute atomic E-state index is 0.128. The van der Waals surface area contributed by atoms with Crippen LogP contribution in [0.5, 0.6) is 0 Å². The SMILES string of the molecule is O/C(=C\c1cc(CCc2ccccc2)ncn1)c1nccs1. The van der Waals surface area contributed by atoms with Crippen LogP contribution in [-0.4, -0.2) is 20.1 Å². The molecule has 3 rings (SSSR count). The standard InChI is InChI=1S/C17H15N3OS/c21-16(17-18-8-9-22-17)11-15-10-14(19-12-20-15)7-6-13-4-2-1-3-5-13/h1-5,8-12,21H,6-7H2/b16-11-. The van der Waals surface area contributed by atoms with Crippen LogP contribution >= 0.6 is 11.3 Å². The molecule has 0 radical (unpaired) electrons. The van der Waals surface area contributed by atoms with E-state index >= 15 is 0 Å². The van der Waals surface area contributed by atoms with Gasteiger partial charge in [-0.1, -0.05) is 30.3 Å². The molecule has 0 fully saturated rings. The number of aliphatic hydroxyl groups excluding tert-OH is 1. The van der Waals surface area contributed by atoms with Gasteiger partial charge in [0.05, 0.1) is 5.69 Å². The third-order valence-corrected chi connectivity index (χ3v) is 3.99. The molecule has 3 aromatic rings. The number of benzene rings is 1. The van der Waals surface area contributed by atoms with Crippen LogP contribution in [0.1, 0.15) is 22.0 Å². The maximum absolute atomic E-state index is 10.0. The predicted octanol–water partition coefficient (Wildman–Crippen LogP) is 3.77. The van der Waals surface area contributed by atoms with E-state index in [9.17, 15) is 5.11 Å². The number of rotatable bonds is 5. The number of nitrogens with zero attached hydrogens (tertiary/aromatic N) is 3. The lowest BCUT2D eigenvalue weighted by molar-refractivity contribution is 0.514. The van der Waals surface area contributed by atoms with Crippen molar-refractivity contribution in [3.05, 3.63) is 76.3 Å². The first-order valence-electron chi connectivity index (χ1n) is 6.96. The van der Waals surface area contributed by atoms with E-state index in [-0.39, 0.29) is 5.76 Å². The summed E-state index contributed by atoms with van der Waals surface area (Å²) in [6.45, 7) is 0. The normalized spacial score (nSPS) is 11.5. The first kappa shape index (κ1) is 14.4. The van der Waals surface area contributed by atoms with Gasteiger partial charge in [-0.3, -0.25) is 0 Å². The molecule has 110 valence electrons. The second kappa shape index (κ2) is 6.95. The summed E-state index contributed by atoms with van der Waals surface area (Å²) in [4.78, 5) is 12.5. The molecule has 22 heavy (non-hydrogen) atoms. The lowest BCUT2D eigenvalue weighted by Gasteiger charge is -2.02. The Labute approximate surface area is 132 Å². The van der Waals surface area contributed by atoms with Gasteiger partial charge in [0.1, 0.15) is 6.33 Å². The smallest absolute Gasteiger partial charge is 0.158 e. The number of aryl methyl sites for hydroxylation is 2. The molecule has 0 aliphatic heterocycles. The Balaban J connectivity index is 1.71. The van der Waals surface area contributed by atoms with Crippen molar-refractivity contribution in [3.63, 3.8) is 0 Å². The molecule has 0 aliphatic carbocycles. The highest BCUT2D eigenvalue weighted by atomic mass is 32.1. The van der Waals surface area contributed by atoms with E-state index in [2.05, 4.69) is 27.1 Å². The lowest BCUT2D eigenvalue weighted by Crippen LogP contribution is -1.96. The third kappa shape index (κ3) is 3.77. The predicted molar refractivity (Wildman–Crippen MR) is 88.5 cm³/mol. The monoisotopic (exact) mass is 309 g/mol. The van der Waals surface area contributed by atoms with Crippen LogP contribution in [0.15, 0.2) is 54.3 Å². The van der Waals surface area contributed by atoms with E-state index in [1.165, 1.54) is 23.2 Å². The fourth-order valence-electron chi connectivity index (χ4n) is 2.10. The molecule has 0 atom stereocenters. The zero-order valence-corrected chi connectivity index (χ0v) is 12.7. The molecule has 4 nitrogen and oxygen atoms in total. The molecule has 1 aromatic carbocycles. The average molecular weight is 309 g/mol. The Hall–Kier alpha value is -2.53. The van der Waals surface area contributed by atoms with Gasteiger partial charge in [0.15, 0.2) is 10.8 Å². The Morgan fingerprint density at radius 2 is 1.95 bits per heavy atom. The quantitative estimate of drug-likeness (QED) is 0.729. The summed E-state index contributed by atoms with van der Waals surface area (Å²) >= 11 is 1.39. The molecule has 0 spiro atoms. The molecule has 2 aromatic heterocycles. The van der Waals surface area contributed by atoms with E-state index in [0.717, 1.165) is 18.5 Å². The molecule has 0 saturated carbocycles. The average Bonchev–Trinajstić information content (AvgIpc) is 3.09. The summed E-state index contributed by atoms with van der Waals surface area (Å²) < 4.78 is 0. The van der Waals surface area contributed by atoms with Crippen LogP contribution in [0, 0.1) is 0 Å². The van der Waals surface area contributed by atoms with Gasteiger partial charge in [0.25, 0.3) is 0 Å². The molecular formula is C17H15N3OS. The van der Waals surface area contributed by atoms with Gasteiger partial charge < -0.3 is 5.11 Å². The molecular weight excluding hydrogens is 294 g/mol. The van der Waals surface area contributed by atoms with Gasteiger partial charge >= 0.3 is 0 Å². The van der Waals surface area contributed by atoms with Gasteiger partial charge in [-0.2, -0.15) is 0 Å². The van der Waals surface area contributed by atoms with Gasteiger partial charge in [-0.05, 0) is 24.5 Å². The maximum Gasteiger partial charge on any atom is 0.158 e. The van der Waals surface area contributed by atoms with Crippen molar-refractivity contribution in [1.82, 2.24) is 15.0 Å². The molecule has 1 N–H and O–H groups in total. The second-order valence-corrected chi connectivity index (χ2v) is 5.68. The summed E-state index contributed by atoms with van der Waals surface area (Å²) in [6.07, 6.45) is 6.58. The molecule has 0 amide bonds. The zero-order chi connectivity index (χ0) is 15.2. The Morgan fingerprint density at radius 3 is 2.73 bits per heavy atom. The van der Waals surface area contributed by atoms with Crippen molar-refractivity contribution in [2.75, 3.05) is 0 Å². The maximum atomic E-state index is 10.0. The highest BCUT2D eigenvalue weighted by Crippen LogP contribution is 2.17. The van der Waals surface area contributed by atoms with Crippen LogP contribution in [0.2, 0.25) is 0 Å². The van der Waals surface area contributed by atoms with Gasteiger partial charge in [0, 0.05) is 23.3 Å². The first-order chi connectivity index (χ1) is 10.8. The number of aliphatic hydroxyl groups is 1. The number of thiazole rings is 1. The molecule has 0 saturated heterocycles. The van der Waals surface area contributed by atoms with Crippen LogP contribution < -0.4 is 0 Å². The highest BCUT2D eigenvalue weighted by molar-refractivity contribution is 7.10. The van der Waals surface area contributed by atoms with Crippen molar-refractivity contribution in [1.29, 1.82) is 0 Å². The fraction of sp³-hybridized carbons (Fsp3) is 0.118. The number of hydrogen-bond donors (Lipinski definition) is 1. The Morgan fingerprint density at radius 1 is 1.09 bits per heavy atom. The van der Waals surface area contributed by atoms with Crippen molar-refractivity contribution >= 4 is 23.2 Å². The molecule has 0 aliphatic rings. The van der Waals surface area contributed by atoms with E-state index in [1.807, 2.05) is 29.6 Å². The molecule has 5 heteroatoms. The minimum Gasteiger partial charge on any atom is -0.505 e. The summed E-state index contributed by atoms with van der Waals surface area (Å²) in [5, 5.41) is 12.4. The van der Waals surface area contributed by atoms with Crippen molar-refractivity contribution < 1.29 is 5.11 Å². The highest BCUT2D eigenvalue weighted by Gasteiger charge is 2.04. The van der Waals surface area contributed by atoms with E-state index in [0.29, 0.717) is 10.7 Å². The van der Waals surface area contributed by atoms with Gasteiger partial charge in [0.2, 0.25) is 0 Å². The van der Waals surface area contributed by atoms with E-state index in [4.69, 9.17) is 0 Å². The van der Waals surface area contributed by atoms with Crippen LogP contribution in [0.25, 0.3) is 11.8 Å². The summed E-state index contributed by atoms with van der Waals surface area (Å²) in [5.74, 6) is 0.128.